The highest BCUT2D eigenvalue weighted by Gasteiger charge is 2.11. The SMILES string of the molecule is Bc1cc(C(=O)OC)cc(C(=O)OC)c1. The Hall–Kier alpha value is -1.78. The molecule has 15 heavy (non-hydrogen) atoms. The molecule has 0 unspecified atom stereocenters. The van der Waals surface area contributed by atoms with Crippen LogP contribution in [0.25, 0.3) is 0 Å². The number of benzene rings is 1. The van der Waals surface area contributed by atoms with Gasteiger partial charge in [0.05, 0.1) is 25.3 Å². The minimum Gasteiger partial charge on any atom is -0.465 e. The predicted octanol–water partition coefficient (Wildman–Crippen LogP) is -0.482. The number of hydrogen-bond acceptors (Lipinski definition) is 4. The standard InChI is InChI=1S/C10H11BO4/c1-14-9(12)6-3-7(10(13)15-2)5-8(11)4-6/h3-5H,11H2,1-2H3. The van der Waals surface area contributed by atoms with Crippen LogP contribution in [0.3, 0.4) is 0 Å². The summed E-state index contributed by atoms with van der Waals surface area (Å²) in [5.74, 6) is -0.937. The van der Waals surface area contributed by atoms with Crippen LogP contribution < -0.4 is 5.46 Å². The molecular formula is C10H11BO4. The maximum Gasteiger partial charge on any atom is 0.337 e. The van der Waals surface area contributed by atoms with Gasteiger partial charge in [-0.25, -0.2) is 9.59 Å². The van der Waals surface area contributed by atoms with Crippen LogP contribution in [0.5, 0.6) is 0 Å². The second kappa shape index (κ2) is 4.64. The third-order valence-corrected chi connectivity index (χ3v) is 1.92. The second-order valence-electron chi connectivity index (χ2n) is 3.07. The average molecular weight is 206 g/mol. The van der Waals surface area contributed by atoms with Crippen molar-refractivity contribution in [3.8, 4) is 0 Å². The number of carbonyl (C=O) groups is 2. The normalized spacial score (nSPS) is 9.47. The van der Waals surface area contributed by atoms with Crippen LogP contribution in [0.4, 0.5) is 0 Å². The smallest absolute Gasteiger partial charge is 0.337 e. The summed E-state index contributed by atoms with van der Waals surface area (Å²) >= 11 is 0. The van der Waals surface area contributed by atoms with E-state index in [0.29, 0.717) is 11.1 Å². The zero-order valence-electron chi connectivity index (χ0n) is 8.87. The molecule has 0 spiro atoms. The van der Waals surface area contributed by atoms with E-state index in [2.05, 4.69) is 9.47 Å². The Morgan fingerprint density at radius 2 is 1.40 bits per heavy atom. The van der Waals surface area contributed by atoms with Gasteiger partial charge in [0.25, 0.3) is 0 Å². The lowest BCUT2D eigenvalue weighted by molar-refractivity contribution is 0.0599. The fourth-order valence-electron chi connectivity index (χ4n) is 1.25. The molecule has 1 rings (SSSR count). The van der Waals surface area contributed by atoms with Gasteiger partial charge in [-0.05, 0) is 6.07 Å². The van der Waals surface area contributed by atoms with Crippen LogP contribution in [0.1, 0.15) is 20.7 Å². The van der Waals surface area contributed by atoms with Crippen molar-refractivity contribution in [2.45, 2.75) is 0 Å². The zero-order valence-corrected chi connectivity index (χ0v) is 8.87. The van der Waals surface area contributed by atoms with Crippen LogP contribution in [0.15, 0.2) is 18.2 Å². The van der Waals surface area contributed by atoms with Crippen molar-refractivity contribution in [3.05, 3.63) is 29.3 Å². The average Bonchev–Trinajstić information content (AvgIpc) is 2.26. The highest BCUT2D eigenvalue weighted by Crippen LogP contribution is 2.05. The zero-order chi connectivity index (χ0) is 11.4. The first kappa shape index (κ1) is 11.3. The largest absolute Gasteiger partial charge is 0.465 e. The maximum atomic E-state index is 11.3. The van der Waals surface area contributed by atoms with E-state index >= 15 is 0 Å². The van der Waals surface area contributed by atoms with Gasteiger partial charge in [0, 0.05) is 0 Å². The first-order chi connectivity index (χ1) is 7.08. The van der Waals surface area contributed by atoms with Crippen molar-refractivity contribution < 1.29 is 19.1 Å². The van der Waals surface area contributed by atoms with Gasteiger partial charge in [0.15, 0.2) is 0 Å². The van der Waals surface area contributed by atoms with Gasteiger partial charge in [-0.1, -0.05) is 17.6 Å². The Kier molecular flexibility index (Phi) is 3.49. The first-order valence-electron chi connectivity index (χ1n) is 4.37. The van der Waals surface area contributed by atoms with Crippen molar-refractivity contribution in [1.29, 1.82) is 0 Å². The van der Waals surface area contributed by atoms with Crippen LogP contribution in [-0.4, -0.2) is 34.0 Å². The van der Waals surface area contributed by atoms with Gasteiger partial charge < -0.3 is 9.47 Å². The van der Waals surface area contributed by atoms with Crippen molar-refractivity contribution in [2.24, 2.45) is 0 Å². The Morgan fingerprint density at radius 3 is 1.73 bits per heavy atom. The molecule has 0 aliphatic carbocycles. The molecule has 0 saturated heterocycles. The number of ether oxygens (including phenoxy) is 2. The van der Waals surface area contributed by atoms with E-state index in [1.165, 1.54) is 20.3 Å². The molecule has 0 N–H and O–H groups in total. The lowest BCUT2D eigenvalue weighted by Gasteiger charge is -2.04. The number of carbonyl (C=O) groups excluding carboxylic acids is 2. The minimum absolute atomic E-state index is 0.345. The van der Waals surface area contributed by atoms with Crippen molar-refractivity contribution in [1.82, 2.24) is 0 Å². The number of esters is 2. The van der Waals surface area contributed by atoms with Gasteiger partial charge in [0.1, 0.15) is 7.85 Å². The molecule has 0 aromatic heterocycles. The topological polar surface area (TPSA) is 52.6 Å². The van der Waals surface area contributed by atoms with Crippen LogP contribution >= 0.6 is 0 Å². The minimum atomic E-state index is -0.469. The predicted molar refractivity (Wildman–Crippen MR) is 57.3 cm³/mol. The van der Waals surface area contributed by atoms with E-state index < -0.39 is 11.9 Å². The Balaban J connectivity index is 3.16. The van der Waals surface area contributed by atoms with Crippen LogP contribution in [-0.2, 0) is 9.47 Å². The van der Waals surface area contributed by atoms with Crippen molar-refractivity contribution >= 4 is 25.2 Å². The molecule has 78 valence electrons. The summed E-state index contributed by atoms with van der Waals surface area (Å²) in [5, 5.41) is 0. The first-order valence-corrected chi connectivity index (χ1v) is 4.37. The molecule has 0 aliphatic heterocycles. The van der Waals surface area contributed by atoms with Gasteiger partial charge in [-0.3, -0.25) is 0 Å². The highest BCUT2D eigenvalue weighted by atomic mass is 16.5. The number of hydrogen-bond donors (Lipinski definition) is 0. The summed E-state index contributed by atoms with van der Waals surface area (Å²) in [4.78, 5) is 22.5. The molecule has 0 aliphatic rings. The summed E-state index contributed by atoms with van der Waals surface area (Å²) < 4.78 is 9.14. The summed E-state index contributed by atoms with van der Waals surface area (Å²) in [6.07, 6.45) is 0. The third kappa shape index (κ3) is 2.59. The lowest BCUT2D eigenvalue weighted by Crippen LogP contribution is -2.13. The maximum absolute atomic E-state index is 11.3. The second-order valence-corrected chi connectivity index (χ2v) is 3.07. The fraction of sp³-hybridized carbons (Fsp3) is 0.200. The molecule has 0 amide bonds. The molecule has 0 saturated carbocycles. The van der Waals surface area contributed by atoms with E-state index in [1.807, 2.05) is 0 Å². The van der Waals surface area contributed by atoms with Crippen LogP contribution in [0, 0.1) is 0 Å². The summed E-state index contributed by atoms with van der Waals surface area (Å²) in [6, 6.07) is 4.75. The molecule has 0 heterocycles. The molecule has 0 atom stereocenters. The molecule has 0 fully saturated rings. The van der Waals surface area contributed by atoms with E-state index in [-0.39, 0.29) is 0 Å². The third-order valence-electron chi connectivity index (χ3n) is 1.92. The van der Waals surface area contributed by atoms with E-state index in [1.54, 1.807) is 20.0 Å². The monoisotopic (exact) mass is 206 g/mol. The Morgan fingerprint density at radius 1 is 1.00 bits per heavy atom. The van der Waals surface area contributed by atoms with Gasteiger partial charge >= 0.3 is 11.9 Å². The molecule has 1 aromatic carbocycles. The lowest BCUT2D eigenvalue weighted by atomic mass is 9.92. The molecule has 5 heteroatoms. The number of methoxy groups -OCH3 is 2. The summed E-state index contributed by atoms with van der Waals surface area (Å²) in [6.45, 7) is 0. The van der Waals surface area contributed by atoms with Crippen molar-refractivity contribution in [2.75, 3.05) is 14.2 Å². The summed E-state index contributed by atoms with van der Waals surface area (Å²) in [5.41, 5.74) is 1.49. The Labute approximate surface area is 88.6 Å². The Bertz CT molecular complexity index is 366. The molecular weight excluding hydrogens is 195 g/mol. The van der Waals surface area contributed by atoms with Gasteiger partial charge in [-0.2, -0.15) is 0 Å². The molecule has 0 radical (unpaired) electrons. The van der Waals surface area contributed by atoms with E-state index in [0.717, 1.165) is 5.46 Å². The van der Waals surface area contributed by atoms with Gasteiger partial charge in [-0.15, -0.1) is 0 Å². The van der Waals surface area contributed by atoms with Crippen LogP contribution in [0.2, 0.25) is 0 Å². The molecule has 0 bridgehead atoms. The van der Waals surface area contributed by atoms with E-state index in [9.17, 15) is 9.59 Å². The quantitative estimate of drug-likeness (QED) is 0.484. The van der Waals surface area contributed by atoms with E-state index in [4.69, 9.17) is 0 Å². The number of rotatable bonds is 2. The highest BCUT2D eigenvalue weighted by molar-refractivity contribution is 6.33. The molecule has 1 aromatic rings. The summed E-state index contributed by atoms with van der Waals surface area (Å²) in [7, 11) is 4.38. The molecule has 4 nitrogen and oxygen atoms in total. The fourth-order valence-corrected chi connectivity index (χ4v) is 1.25. The van der Waals surface area contributed by atoms with Gasteiger partial charge in [0.2, 0.25) is 0 Å². The van der Waals surface area contributed by atoms with Crippen molar-refractivity contribution in [3.63, 3.8) is 0 Å².